The molecule has 2 N–H and O–H groups in total. The highest BCUT2D eigenvalue weighted by Gasteiger charge is 2.27. The molecular formula is C14H23NO4. The summed E-state index contributed by atoms with van der Waals surface area (Å²) in [6, 6.07) is 3.49. The van der Waals surface area contributed by atoms with Crippen molar-refractivity contribution in [1.29, 1.82) is 0 Å². The van der Waals surface area contributed by atoms with Gasteiger partial charge in [0.15, 0.2) is 0 Å². The van der Waals surface area contributed by atoms with Crippen molar-refractivity contribution >= 4 is 5.91 Å². The molecule has 5 nitrogen and oxygen atoms in total. The lowest BCUT2D eigenvalue weighted by Crippen LogP contribution is -2.38. The largest absolute Gasteiger partial charge is 0.463 e. The zero-order chi connectivity index (χ0) is 14.5. The molecule has 19 heavy (non-hydrogen) atoms. The van der Waals surface area contributed by atoms with Gasteiger partial charge in [-0.2, -0.15) is 0 Å². The van der Waals surface area contributed by atoms with Crippen molar-refractivity contribution in [1.82, 2.24) is 5.32 Å². The van der Waals surface area contributed by atoms with Gasteiger partial charge in [0, 0.05) is 6.42 Å². The van der Waals surface area contributed by atoms with Crippen molar-refractivity contribution < 1.29 is 19.1 Å². The van der Waals surface area contributed by atoms with Gasteiger partial charge in [0.1, 0.15) is 17.1 Å². The Bertz CT molecular complexity index is 409. The van der Waals surface area contributed by atoms with Crippen LogP contribution in [-0.4, -0.2) is 30.3 Å². The average Bonchev–Trinajstić information content (AvgIpc) is 2.74. The molecule has 0 saturated carbocycles. The molecule has 0 aliphatic heterocycles. The molecule has 1 atom stereocenters. The van der Waals surface area contributed by atoms with Crippen molar-refractivity contribution in [3.05, 3.63) is 23.7 Å². The third-order valence-electron chi connectivity index (χ3n) is 2.68. The van der Waals surface area contributed by atoms with Crippen LogP contribution < -0.4 is 5.32 Å². The summed E-state index contributed by atoms with van der Waals surface area (Å²) in [6.07, 6.45) is 0.396. The van der Waals surface area contributed by atoms with Crippen LogP contribution in [0, 0.1) is 6.92 Å². The maximum Gasteiger partial charge on any atom is 0.222 e. The van der Waals surface area contributed by atoms with E-state index in [0.717, 1.165) is 5.76 Å². The van der Waals surface area contributed by atoms with Gasteiger partial charge in [-0.15, -0.1) is 0 Å². The summed E-state index contributed by atoms with van der Waals surface area (Å²) in [7, 11) is 0. The van der Waals surface area contributed by atoms with E-state index in [0.29, 0.717) is 12.4 Å². The zero-order valence-corrected chi connectivity index (χ0v) is 12.0. The second-order valence-electron chi connectivity index (χ2n) is 5.13. The molecule has 1 rings (SSSR count). The summed E-state index contributed by atoms with van der Waals surface area (Å²) in [6.45, 7) is 7.74. The minimum atomic E-state index is -1.21. The highest BCUT2D eigenvalue weighted by molar-refractivity contribution is 5.76. The Morgan fingerprint density at radius 3 is 2.74 bits per heavy atom. The summed E-state index contributed by atoms with van der Waals surface area (Å²) in [5.74, 6) is 1.03. The number of furan rings is 1. The minimum Gasteiger partial charge on any atom is -0.463 e. The highest BCUT2D eigenvalue weighted by atomic mass is 16.5. The van der Waals surface area contributed by atoms with Gasteiger partial charge in [0.25, 0.3) is 0 Å². The number of aryl methyl sites for hydroxylation is 1. The van der Waals surface area contributed by atoms with Crippen LogP contribution in [0.15, 0.2) is 16.5 Å². The van der Waals surface area contributed by atoms with Crippen molar-refractivity contribution in [3.63, 3.8) is 0 Å². The van der Waals surface area contributed by atoms with Crippen LogP contribution >= 0.6 is 0 Å². The Balaban J connectivity index is 2.36. The smallest absolute Gasteiger partial charge is 0.222 e. The van der Waals surface area contributed by atoms with Crippen molar-refractivity contribution in [2.45, 2.75) is 45.8 Å². The zero-order valence-electron chi connectivity index (χ0n) is 12.0. The average molecular weight is 269 g/mol. The number of nitrogens with one attached hydrogen (secondary N) is 1. The third-order valence-corrected chi connectivity index (χ3v) is 2.68. The first-order chi connectivity index (χ1) is 8.81. The van der Waals surface area contributed by atoms with Gasteiger partial charge in [-0.25, -0.2) is 0 Å². The summed E-state index contributed by atoms with van der Waals surface area (Å²) >= 11 is 0. The number of ether oxygens (including phenoxy) is 1. The third kappa shape index (κ3) is 5.44. The SMILES string of the molecule is Cc1ccc(C(C)(O)CNC(=O)CCOC(C)C)o1. The maximum absolute atomic E-state index is 11.6. The lowest BCUT2D eigenvalue weighted by Gasteiger charge is -2.21. The Hall–Kier alpha value is -1.33. The molecule has 0 radical (unpaired) electrons. The molecule has 1 aromatic rings. The van der Waals surface area contributed by atoms with E-state index >= 15 is 0 Å². The molecule has 1 amide bonds. The molecule has 0 aliphatic carbocycles. The number of carbonyl (C=O) groups is 1. The predicted octanol–water partition coefficient (Wildman–Crippen LogP) is 1.73. The summed E-state index contributed by atoms with van der Waals surface area (Å²) in [5.41, 5.74) is -1.21. The topological polar surface area (TPSA) is 71.7 Å². The normalized spacial score (nSPS) is 14.4. The molecular weight excluding hydrogens is 246 g/mol. The molecule has 0 saturated heterocycles. The minimum absolute atomic E-state index is 0.112. The number of rotatable bonds is 7. The summed E-state index contributed by atoms with van der Waals surface area (Å²) < 4.78 is 10.7. The van der Waals surface area contributed by atoms with Crippen LogP contribution in [0.25, 0.3) is 0 Å². The Kier molecular flexibility index (Phi) is 5.57. The lowest BCUT2D eigenvalue weighted by atomic mass is 10.0. The van der Waals surface area contributed by atoms with Crippen LogP contribution in [0.4, 0.5) is 0 Å². The number of aliphatic hydroxyl groups is 1. The first-order valence-electron chi connectivity index (χ1n) is 6.49. The van der Waals surface area contributed by atoms with Crippen LogP contribution in [0.2, 0.25) is 0 Å². The fraction of sp³-hybridized carbons (Fsp3) is 0.643. The fourth-order valence-electron chi connectivity index (χ4n) is 1.56. The van der Waals surface area contributed by atoms with Gasteiger partial charge >= 0.3 is 0 Å². The molecule has 0 aliphatic rings. The summed E-state index contributed by atoms with van der Waals surface area (Å²) in [5, 5.41) is 12.9. The van der Waals surface area contributed by atoms with E-state index in [1.807, 2.05) is 13.8 Å². The van der Waals surface area contributed by atoms with E-state index in [4.69, 9.17) is 9.15 Å². The Morgan fingerprint density at radius 1 is 1.53 bits per heavy atom. The van der Waals surface area contributed by atoms with E-state index in [9.17, 15) is 9.90 Å². The standard InChI is InChI=1S/C14H23NO4/c1-10(2)18-8-7-13(16)15-9-14(4,17)12-6-5-11(3)19-12/h5-6,10,17H,7-9H2,1-4H3,(H,15,16). The van der Waals surface area contributed by atoms with Gasteiger partial charge < -0.3 is 19.6 Å². The van der Waals surface area contributed by atoms with E-state index in [-0.39, 0.29) is 25.0 Å². The molecule has 1 aromatic heterocycles. The van der Waals surface area contributed by atoms with Crippen molar-refractivity contribution in [2.24, 2.45) is 0 Å². The van der Waals surface area contributed by atoms with Crippen molar-refractivity contribution in [3.8, 4) is 0 Å². The first-order valence-corrected chi connectivity index (χ1v) is 6.49. The molecule has 0 spiro atoms. The van der Waals surface area contributed by atoms with Crippen LogP contribution in [-0.2, 0) is 15.1 Å². The first kappa shape index (κ1) is 15.7. The molecule has 108 valence electrons. The van der Waals surface area contributed by atoms with Gasteiger partial charge in [0.05, 0.1) is 19.3 Å². The van der Waals surface area contributed by atoms with Gasteiger partial charge in [-0.05, 0) is 39.8 Å². The van der Waals surface area contributed by atoms with Gasteiger partial charge in [-0.1, -0.05) is 0 Å². The number of hydrogen-bond acceptors (Lipinski definition) is 4. The molecule has 1 heterocycles. The van der Waals surface area contributed by atoms with Gasteiger partial charge in [-0.3, -0.25) is 4.79 Å². The monoisotopic (exact) mass is 269 g/mol. The van der Waals surface area contributed by atoms with Crippen LogP contribution in [0.5, 0.6) is 0 Å². The molecule has 1 unspecified atom stereocenters. The van der Waals surface area contributed by atoms with E-state index in [1.165, 1.54) is 0 Å². The number of amides is 1. The second-order valence-corrected chi connectivity index (χ2v) is 5.13. The lowest BCUT2D eigenvalue weighted by molar-refractivity contribution is -0.123. The van der Waals surface area contributed by atoms with Crippen LogP contribution in [0.3, 0.4) is 0 Å². The van der Waals surface area contributed by atoms with E-state index in [1.54, 1.807) is 26.0 Å². The van der Waals surface area contributed by atoms with Crippen molar-refractivity contribution in [2.75, 3.05) is 13.2 Å². The van der Waals surface area contributed by atoms with E-state index in [2.05, 4.69) is 5.32 Å². The summed E-state index contributed by atoms with van der Waals surface area (Å²) in [4.78, 5) is 11.6. The molecule has 0 fully saturated rings. The molecule has 0 bridgehead atoms. The fourth-order valence-corrected chi connectivity index (χ4v) is 1.56. The Morgan fingerprint density at radius 2 is 2.21 bits per heavy atom. The van der Waals surface area contributed by atoms with E-state index < -0.39 is 5.60 Å². The number of hydrogen-bond donors (Lipinski definition) is 2. The second kappa shape index (κ2) is 6.73. The van der Waals surface area contributed by atoms with Gasteiger partial charge in [0.2, 0.25) is 5.91 Å². The molecule has 5 heteroatoms. The number of carbonyl (C=O) groups excluding carboxylic acids is 1. The van der Waals surface area contributed by atoms with Crippen LogP contribution in [0.1, 0.15) is 38.7 Å². The highest BCUT2D eigenvalue weighted by Crippen LogP contribution is 2.21. The maximum atomic E-state index is 11.6. The Labute approximate surface area is 113 Å². The molecule has 0 aromatic carbocycles. The quantitative estimate of drug-likeness (QED) is 0.790. The predicted molar refractivity (Wildman–Crippen MR) is 71.7 cm³/mol.